The van der Waals surface area contributed by atoms with E-state index in [9.17, 15) is 4.79 Å². The van der Waals surface area contributed by atoms with Crippen LogP contribution in [0.1, 0.15) is 5.69 Å². The van der Waals surface area contributed by atoms with Crippen molar-refractivity contribution >= 4 is 6.09 Å². The lowest BCUT2D eigenvalue weighted by molar-refractivity contribution is -0.681. The third-order valence-corrected chi connectivity index (χ3v) is 1.95. The van der Waals surface area contributed by atoms with Crippen molar-refractivity contribution < 1.29 is 19.2 Å². The predicted molar refractivity (Wildman–Crippen MR) is 53.3 cm³/mol. The first-order chi connectivity index (χ1) is 7.04. The van der Waals surface area contributed by atoms with Gasteiger partial charge < -0.3 is 14.7 Å². The molecule has 0 atom stereocenters. The normalized spacial score (nSPS) is 9.87. The molecule has 1 amide bonds. The summed E-state index contributed by atoms with van der Waals surface area (Å²) in [7, 11) is 5.01. The minimum atomic E-state index is -0.424. The molecule has 0 radical (unpaired) electrons. The molecule has 0 aliphatic carbocycles. The summed E-state index contributed by atoms with van der Waals surface area (Å²) < 4.78 is 6.75. The lowest BCUT2D eigenvalue weighted by Gasteiger charge is -2.09. The van der Waals surface area contributed by atoms with Crippen LogP contribution in [0, 0.1) is 0 Å². The average Bonchev–Trinajstić information content (AvgIpc) is 2.18. The van der Waals surface area contributed by atoms with Crippen LogP contribution in [0.15, 0.2) is 18.3 Å². The van der Waals surface area contributed by atoms with Crippen molar-refractivity contribution in [3.63, 3.8) is 0 Å². The van der Waals surface area contributed by atoms with Gasteiger partial charge in [-0.15, -0.1) is 0 Å². The van der Waals surface area contributed by atoms with E-state index in [-0.39, 0.29) is 6.61 Å². The van der Waals surface area contributed by atoms with Gasteiger partial charge in [-0.25, -0.2) is 4.79 Å². The van der Waals surface area contributed by atoms with E-state index < -0.39 is 6.09 Å². The number of aromatic nitrogens is 1. The lowest BCUT2D eigenvalue weighted by atomic mass is 10.3. The first kappa shape index (κ1) is 11.5. The fourth-order valence-corrected chi connectivity index (χ4v) is 1.03. The highest BCUT2D eigenvalue weighted by molar-refractivity contribution is 5.69. The summed E-state index contributed by atoms with van der Waals surface area (Å²) in [5.41, 5.74) is 0.750. The summed E-state index contributed by atoms with van der Waals surface area (Å²) in [6.45, 7) is -0.0432. The number of rotatable bonds is 2. The number of pyridine rings is 1. The van der Waals surface area contributed by atoms with Gasteiger partial charge >= 0.3 is 6.09 Å². The standard InChI is InChI=1S/C10H15N2O3/c1-11(2)10(14)15-9-5-4-8(7-13)12(3)6-9/h4-6,13H,7H2,1-3H3/q+1. The van der Waals surface area contributed by atoms with Crippen molar-refractivity contribution in [3.8, 4) is 5.75 Å². The molecule has 5 heteroatoms. The topological polar surface area (TPSA) is 53.7 Å². The Bertz CT molecular complexity index is 364. The molecule has 0 aliphatic heterocycles. The van der Waals surface area contributed by atoms with Crippen molar-refractivity contribution in [2.24, 2.45) is 7.05 Å². The van der Waals surface area contributed by atoms with Crippen LogP contribution in [-0.2, 0) is 13.7 Å². The van der Waals surface area contributed by atoms with E-state index in [0.717, 1.165) is 5.69 Å². The lowest BCUT2D eigenvalue weighted by Crippen LogP contribution is -2.34. The monoisotopic (exact) mass is 211 g/mol. The Morgan fingerprint density at radius 3 is 2.67 bits per heavy atom. The van der Waals surface area contributed by atoms with Crippen LogP contribution in [0.3, 0.4) is 0 Å². The number of amides is 1. The van der Waals surface area contributed by atoms with Gasteiger partial charge in [0.05, 0.1) is 0 Å². The Balaban J connectivity index is 2.80. The van der Waals surface area contributed by atoms with Crippen molar-refractivity contribution in [2.45, 2.75) is 6.61 Å². The minimum absolute atomic E-state index is 0.0432. The third kappa shape index (κ3) is 2.92. The minimum Gasteiger partial charge on any atom is -0.404 e. The van der Waals surface area contributed by atoms with Gasteiger partial charge in [0.15, 0.2) is 5.75 Å². The Hall–Kier alpha value is -1.62. The molecular formula is C10H15N2O3+. The first-order valence-electron chi connectivity index (χ1n) is 4.53. The number of ether oxygens (including phenoxy) is 1. The average molecular weight is 211 g/mol. The summed E-state index contributed by atoms with van der Waals surface area (Å²) in [5, 5.41) is 8.94. The van der Waals surface area contributed by atoms with Gasteiger partial charge in [-0.05, 0) is 6.07 Å². The fraction of sp³-hybridized carbons (Fsp3) is 0.400. The first-order valence-corrected chi connectivity index (χ1v) is 4.53. The largest absolute Gasteiger partial charge is 0.414 e. The zero-order chi connectivity index (χ0) is 11.4. The molecule has 0 bridgehead atoms. The Morgan fingerprint density at radius 2 is 2.20 bits per heavy atom. The van der Waals surface area contributed by atoms with Crippen molar-refractivity contribution in [1.82, 2.24) is 4.90 Å². The molecule has 1 N–H and O–H groups in total. The molecule has 82 valence electrons. The molecule has 1 rings (SSSR count). The predicted octanol–water partition coefficient (Wildman–Crippen LogP) is 0.0638. The van der Waals surface area contributed by atoms with Crippen LogP contribution < -0.4 is 9.30 Å². The van der Waals surface area contributed by atoms with Gasteiger partial charge in [0.25, 0.3) is 0 Å². The molecule has 1 aromatic rings. The van der Waals surface area contributed by atoms with Crippen LogP contribution in [0.4, 0.5) is 4.79 Å². The van der Waals surface area contributed by atoms with Gasteiger partial charge in [0.2, 0.25) is 11.9 Å². The maximum Gasteiger partial charge on any atom is 0.414 e. The molecular weight excluding hydrogens is 196 g/mol. The molecule has 0 saturated carbocycles. The number of nitrogens with zero attached hydrogens (tertiary/aromatic N) is 2. The molecule has 1 aromatic heterocycles. The van der Waals surface area contributed by atoms with E-state index in [1.54, 1.807) is 44.0 Å². The van der Waals surface area contributed by atoms with E-state index in [1.165, 1.54) is 4.90 Å². The van der Waals surface area contributed by atoms with Gasteiger partial charge in [0.1, 0.15) is 13.7 Å². The van der Waals surface area contributed by atoms with Crippen molar-refractivity contribution in [2.75, 3.05) is 14.1 Å². The molecule has 5 nitrogen and oxygen atoms in total. The van der Waals surface area contributed by atoms with Gasteiger partial charge in [-0.3, -0.25) is 0 Å². The Morgan fingerprint density at radius 1 is 1.53 bits per heavy atom. The van der Waals surface area contributed by atoms with Gasteiger partial charge in [0, 0.05) is 20.2 Å². The Labute approximate surface area is 88.5 Å². The molecule has 0 unspecified atom stereocenters. The second-order valence-electron chi connectivity index (χ2n) is 3.39. The van der Waals surface area contributed by atoms with Gasteiger partial charge in [-0.1, -0.05) is 0 Å². The summed E-state index contributed by atoms with van der Waals surface area (Å²) in [6, 6.07) is 3.35. The fourth-order valence-electron chi connectivity index (χ4n) is 1.03. The zero-order valence-corrected chi connectivity index (χ0v) is 9.10. The van der Waals surface area contributed by atoms with E-state index >= 15 is 0 Å². The molecule has 0 saturated heterocycles. The second kappa shape index (κ2) is 4.75. The van der Waals surface area contributed by atoms with E-state index in [0.29, 0.717) is 5.75 Å². The number of aliphatic hydroxyl groups is 1. The summed E-state index contributed by atoms with van der Waals surface area (Å²) in [4.78, 5) is 12.6. The van der Waals surface area contributed by atoms with Crippen LogP contribution in [0.2, 0.25) is 0 Å². The number of aliphatic hydroxyl groups excluding tert-OH is 1. The molecule has 1 heterocycles. The van der Waals surface area contributed by atoms with E-state index in [1.807, 2.05) is 0 Å². The molecule has 0 aromatic carbocycles. The zero-order valence-electron chi connectivity index (χ0n) is 9.10. The number of hydrogen-bond acceptors (Lipinski definition) is 3. The van der Waals surface area contributed by atoms with Crippen LogP contribution in [-0.4, -0.2) is 30.2 Å². The second-order valence-corrected chi connectivity index (χ2v) is 3.39. The number of hydrogen-bond donors (Lipinski definition) is 1. The molecule has 0 spiro atoms. The van der Waals surface area contributed by atoms with E-state index in [4.69, 9.17) is 9.84 Å². The maximum atomic E-state index is 11.2. The van der Waals surface area contributed by atoms with E-state index in [2.05, 4.69) is 0 Å². The third-order valence-electron chi connectivity index (χ3n) is 1.95. The van der Waals surface area contributed by atoms with Crippen LogP contribution in [0.25, 0.3) is 0 Å². The highest BCUT2D eigenvalue weighted by Gasteiger charge is 2.11. The number of carbonyl (C=O) groups excluding carboxylic acids is 1. The number of aryl methyl sites for hydroxylation is 1. The smallest absolute Gasteiger partial charge is 0.404 e. The maximum absolute atomic E-state index is 11.2. The quantitative estimate of drug-likeness (QED) is 0.704. The van der Waals surface area contributed by atoms with Crippen molar-refractivity contribution in [3.05, 3.63) is 24.0 Å². The van der Waals surface area contributed by atoms with Gasteiger partial charge in [-0.2, -0.15) is 4.57 Å². The molecule has 15 heavy (non-hydrogen) atoms. The Kier molecular flexibility index (Phi) is 3.62. The van der Waals surface area contributed by atoms with Crippen molar-refractivity contribution in [1.29, 1.82) is 0 Å². The molecule has 0 aliphatic rings. The number of carbonyl (C=O) groups is 1. The molecule has 0 fully saturated rings. The highest BCUT2D eigenvalue weighted by atomic mass is 16.6. The highest BCUT2D eigenvalue weighted by Crippen LogP contribution is 2.08. The SMILES string of the molecule is CN(C)C(=O)Oc1ccc(CO)[n+](C)c1. The summed E-state index contributed by atoms with van der Waals surface area (Å²) >= 11 is 0. The van der Waals surface area contributed by atoms with Crippen LogP contribution >= 0.6 is 0 Å². The van der Waals surface area contributed by atoms with Crippen LogP contribution in [0.5, 0.6) is 5.75 Å². The summed E-state index contributed by atoms with van der Waals surface area (Å²) in [5.74, 6) is 0.452. The summed E-state index contributed by atoms with van der Waals surface area (Å²) in [6.07, 6.45) is 1.22.